The molecule has 2 atom stereocenters. The molecule has 0 radical (unpaired) electrons. The van der Waals surface area contributed by atoms with Gasteiger partial charge in [0.05, 0.1) is 24.7 Å². The van der Waals surface area contributed by atoms with E-state index in [1.165, 1.54) is 7.11 Å². The van der Waals surface area contributed by atoms with Crippen molar-refractivity contribution in [3.63, 3.8) is 0 Å². The number of nitrogens with zero attached hydrogens (tertiary/aromatic N) is 1. The lowest BCUT2D eigenvalue weighted by Gasteiger charge is -2.36. The molecule has 0 N–H and O–H groups in total. The molecule has 2 rings (SSSR count). The first-order valence-corrected chi connectivity index (χ1v) is 8.30. The standard InChI is InChI=1S/C13H19NO5S/c1-9-8-20(16,17)7-6-14(9)10(2)11-4-5-12(19-11)13(15)18-3/h4-5,9-10H,6-8H2,1-3H3. The second kappa shape index (κ2) is 5.57. The fraction of sp³-hybridized carbons (Fsp3) is 0.615. The summed E-state index contributed by atoms with van der Waals surface area (Å²) in [6, 6.07) is 3.14. The fourth-order valence-corrected chi connectivity index (χ4v) is 4.12. The second-order valence-electron chi connectivity index (χ2n) is 5.07. The number of sulfone groups is 1. The highest BCUT2D eigenvalue weighted by Crippen LogP contribution is 2.27. The Balaban J connectivity index is 2.13. The van der Waals surface area contributed by atoms with Crippen LogP contribution in [0.15, 0.2) is 16.5 Å². The van der Waals surface area contributed by atoms with E-state index in [-0.39, 0.29) is 29.3 Å². The Bertz CT molecular complexity index is 592. The van der Waals surface area contributed by atoms with Crippen LogP contribution in [0.2, 0.25) is 0 Å². The van der Waals surface area contributed by atoms with E-state index in [4.69, 9.17) is 4.42 Å². The highest BCUT2D eigenvalue weighted by Gasteiger charge is 2.32. The fourth-order valence-electron chi connectivity index (χ4n) is 2.54. The molecule has 0 amide bonds. The molecule has 0 saturated carbocycles. The first-order chi connectivity index (χ1) is 9.34. The maximum atomic E-state index is 11.6. The molecule has 1 aromatic rings. The molecule has 2 heterocycles. The van der Waals surface area contributed by atoms with Crippen LogP contribution in [0.3, 0.4) is 0 Å². The van der Waals surface area contributed by atoms with Crippen LogP contribution >= 0.6 is 0 Å². The van der Waals surface area contributed by atoms with E-state index in [0.717, 1.165) is 0 Å². The average Bonchev–Trinajstić information content (AvgIpc) is 2.85. The van der Waals surface area contributed by atoms with Gasteiger partial charge in [-0.3, -0.25) is 4.90 Å². The lowest BCUT2D eigenvalue weighted by atomic mass is 10.1. The van der Waals surface area contributed by atoms with Crippen LogP contribution in [0.4, 0.5) is 0 Å². The molecule has 1 aromatic heterocycles. The van der Waals surface area contributed by atoms with Gasteiger partial charge in [0.25, 0.3) is 0 Å². The normalized spacial score (nSPS) is 24.2. The molecule has 0 aromatic carbocycles. The predicted molar refractivity (Wildman–Crippen MR) is 73.3 cm³/mol. The molecule has 0 aliphatic carbocycles. The van der Waals surface area contributed by atoms with Gasteiger partial charge in [-0.25, -0.2) is 13.2 Å². The van der Waals surface area contributed by atoms with Crippen molar-refractivity contribution >= 4 is 15.8 Å². The zero-order chi connectivity index (χ0) is 14.9. The Morgan fingerprint density at radius 1 is 1.50 bits per heavy atom. The molecular formula is C13H19NO5S. The number of furan rings is 1. The Labute approximate surface area is 118 Å². The van der Waals surface area contributed by atoms with E-state index in [9.17, 15) is 13.2 Å². The predicted octanol–water partition coefficient (Wildman–Crippen LogP) is 1.25. The molecule has 0 spiro atoms. The number of rotatable bonds is 3. The minimum Gasteiger partial charge on any atom is -0.463 e. The smallest absolute Gasteiger partial charge is 0.373 e. The number of methoxy groups -OCH3 is 1. The summed E-state index contributed by atoms with van der Waals surface area (Å²) in [4.78, 5) is 13.4. The number of hydrogen-bond acceptors (Lipinski definition) is 6. The number of hydrogen-bond donors (Lipinski definition) is 0. The highest BCUT2D eigenvalue weighted by atomic mass is 32.2. The minimum atomic E-state index is -2.94. The van der Waals surface area contributed by atoms with Gasteiger partial charge in [0, 0.05) is 12.6 Å². The van der Waals surface area contributed by atoms with Crippen molar-refractivity contribution in [1.82, 2.24) is 4.90 Å². The summed E-state index contributed by atoms with van der Waals surface area (Å²) in [6.45, 7) is 4.30. The van der Waals surface area contributed by atoms with Gasteiger partial charge in [0.1, 0.15) is 5.76 Å². The van der Waals surface area contributed by atoms with Crippen molar-refractivity contribution in [1.29, 1.82) is 0 Å². The van der Waals surface area contributed by atoms with Gasteiger partial charge in [-0.2, -0.15) is 0 Å². The van der Waals surface area contributed by atoms with Crippen LogP contribution in [-0.4, -0.2) is 50.5 Å². The molecular weight excluding hydrogens is 282 g/mol. The topological polar surface area (TPSA) is 76.8 Å². The van der Waals surface area contributed by atoms with E-state index >= 15 is 0 Å². The Morgan fingerprint density at radius 3 is 2.80 bits per heavy atom. The van der Waals surface area contributed by atoms with Crippen LogP contribution in [0.1, 0.15) is 36.2 Å². The van der Waals surface area contributed by atoms with Crippen LogP contribution in [-0.2, 0) is 14.6 Å². The molecule has 6 nitrogen and oxygen atoms in total. The summed E-state index contributed by atoms with van der Waals surface area (Å²) in [6.07, 6.45) is 0. The van der Waals surface area contributed by atoms with Gasteiger partial charge >= 0.3 is 5.97 Å². The summed E-state index contributed by atoms with van der Waals surface area (Å²) in [5.41, 5.74) is 0. The molecule has 2 unspecified atom stereocenters. The molecule has 112 valence electrons. The van der Waals surface area contributed by atoms with E-state index in [0.29, 0.717) is 12.3 Å². The van der Waals surface area contributed by atoms with Crippen molar-refractivity contribution < 1.29 is 22.4 Å². The Kier molecular flexibility index (Phi) is 4.19. The summed E-state index contributed by atoms with van der Waals surface area (Å²) < 4.78 is 33.3. The average molecular weight is 301 g/mol. The third-order valence-corrected chi connectivity index (χ3v) is 5.44. The number of ether oxygens (including phenoxy) is 1. The molecule has 1 aliphatic rings. The molecule has 1 aliphatic heterocycles. The SMILES string of the molecule is COC(=O)c1ccc(C(C)N2CCS(=O)(=O)CC2C)o1. The van der Waals surface area contributed by atoms with E-state index < -0.39 is 15.8 Å². The maximum absolute atomic E-state index is 11.6. The van der Waals surface area contributed by atoms with Crippen LogP contribution in [0, 0.1) is 0 Å². The van der Waals surface area contributed by atoms with E-state index in [1.54, 1.807) is 12.1 Å². The van der Waals surface area contributed by atoms with Crippen LogP contribution in [0.5, 0.6) is 0 Å². The molecule has 1 fully saturated rings. The van der Waals surface area contributed by atoms with Crippen molar-refractivity contribution in [3.05, 3.63) is 23.7 Å². The third-order valence-electron chi connectivity index (χ3n) is 3.64. The molecule has 0 bridgehead atoms. The zero-order valence-corrected chi connectivity index (χ0v) is 12.6. The minimum absolute atomic E-state index is 0.0737. The van der Waals surface area contributed by atoms with Crippen molar-refractivity contribution in [2.24, 2.45) is 0 Å². The largest absolute Gasteiger partial charge is 0.463 e. The van der Waals surface area contributed by atoms with E-state index in [1.807, 2.05) is 13.8 Å². The van der Waals surface area contributed by atoms with Crippen LogP contribution in [0.25, 0.3) is 0 Å². The first kappa shape index (κ1) is 15.1. The quantitative estimate of drug-likeness (QED) is 0.782. The Morgan fingerprint density at radius 2 is 2.20 bits per heavy atom. The number of esters is 1. The zero-order valence-electron chi connectivity index (χ0n) is 11.8. The number of carbonyl (C=O) groups is 1. The lowest BCUT2D eigenvalue weighted by Crippen LogP contribution is -2.47. The third kappa shape index (κ3) is 3.04. The van der Waals surface area contributed by atoms with Crippen molar-refractivity contribution in [3.8, 4) is 0 Å². The first-order valence-electron chi connectivity index (χ1n) is 6.48. The highest BCUT2D eigenvalue weighted by molar-refractivity contribution is 7.91. The van der Waals surface area contributed by atoms with Gasteiger partial charge in [-0.05, 0) is 26.0 Å². The summed E-state index contributed by atoms with van der Waals surface area (Å²) in [5, 5.41) is 0. The monoisotopic (exact) mass is 301 g/mol. The van der Waals surface area contributed by atoms with Gasteiger partial charge in [0.15, 0.2) is 9.84 Å². The van der Waals surface area contributed by atoms with E-state index in [2.05, 4.69) is 9.64 Å². The van der Waals surface area contributed by atoms with Gasteiger partial charge in [0.2, 0.25) is 5.76 Å². The summed E-state index contributed by atoms with van der Waals surface area (Å²) in [5.74, 6) is 0.592. The van der Waals surface area contributed by atoms with Crippen LogP contribution < -0.4 is 0 Å². The number of carbonyl (C=O) groups excluding carboxylic acids is 1. The maximum Gasteiger partial charge on any atom is 0.373 e. The summed E-state index contributed by atoms with van der Waals surface area (Å²) in [7, 11) is -1.64. The van der Waals surface area contributed by atoms with Gasteiger partial charge in [-0.15, -0.1) is 0 Å². The molecule has 1 saturated heterocycles. The molecule has 7 heteroatoms. The van der Waals surface area contributed by atoms with Crippen molar-refractivity contribution in [2.75, 3.05) is 25.2 Å². The van der Waals surface area contributed by atoms with Gasteiger partial charge < -0.3 is 9.15 Å². The van der Waals surface area contributed by atoms with Crippen molar-refractivity contribution in [2.45, 2.75) is 25.9 Å². The second-order valence-corrected chi connectivity index (χ2v) is 7.30. The lowest BCUT2D eigenvalue weighted by molar-refractivity contribution is 0.0557. The molecule has 20 heavy (non-hydrogen) atoms. The van der Waals surface area contributed by atoms with Gasteiger partial charge in [-0.1, -0.05) is 0 Å². The Hall–Kier alpha value is -1.34. The summed E-state index contributed by atoms with van der Waals surface area (Å²) >= 11 is 0.